The van der Waals surface area contributed by atoms with Gasteiger partial charge in [-0.25, -0.2) is 0 Å². The molecule has 5 nitrogen and oxygen atoms in total. The van der Waals surface area contributed by atoms with Crippen LogP contribution in [0.1, 0.15) is 30.9 Å². The highest BCUT2D eigenvalue weighted by Gasteiger charge is 2.08. The van der Waals surface area contributed by atoms with Gasteiger partial charge < -0.3 is 16.4 Å². The van der Waals surface area contributed by atoms with Crippen molar-refractivity contribution < 1.29 is 9.59 Å². The quantitative estimate of drug-likeness (QED) is 0.711. The first-order valence-electron chi connectivity index (χ1n) is 8.03. The number of nitrogen functional groups attached to an aromatic ring is 1. The van der Waals surface area contributed by atoms with Gasteiger partial charge in [0, 0.05) is 29.9 Å². The highest BCUT2D eigenvalue weighted by Crippen LogP contribution is 2.21. The van der Waals surface area contributed by atoms with Crippen LogP contribution in [-0.4, -0.2) is 11.8 Å². The van der Waals surface area contributed by atoms with Crippen LogP contribution in [0.2, 0.25) is 0 Å². The molecule has 0 fully saturated rings. The van der Waals surface area contributed by atoms with Crippen molar-refractivity contribution in [2.45, 2.75) is 33.1 Å². The maximum Gasteiger partial charge on any atom is 0.224 e. The SMILES string of the molecule is CCC(=O)Nc1ccc(C)c(NC(=O)CCc2ccccc2N)c1. The second kappa shape index (κ2) is 8.15. The van der Waals surface area contributed by atoms with Gasteiger partial charge in [-0.3, -0.25) is 9.59 Å². The molecule has 126 valence electrons. The topological polar surface area (TPSA) is 84.2 Å². The highest BCUT2D eigenvalue weighted by atomic mass is 16.2. The van der Waals surface area contributed by atoms with Gasteiger partial charge in [0.05, 0.1) is 0 Å². The summed E-state index contributed by atoms with van der Waals surface area (Å²) in [5, 5.41) is 5.69. The maximum absolute atomic E-state index is 12.2. The molecule has 2 rings (SSSR count). The van der Waals surface area contributed by atoms with Gasteiger partial charge in [0.25, 0.3) is 0 Å². The van der Waals surface area contributed by atoms with Crippen molar-refractivity contribution in [3.63, 3.8) is 0 Å². The number of rotatable bonds is 6. The number of anilines is 3. The van der Waals surface area contributed by atoms with E-state index >= 15 is 0 Å². The number of hydrogen-bond acceptors (Lipinski definition) is 3. The number of aryl methyl sites for hydroxylation is 2. The number of nitrogens with two attached hydrogens (primary N) is 1. The predicted molar refractivity (Wildman–Crippen MR) is 97.9 cm³/mol. The largest absolute Gasteiger partial charge is 0.399 e. The molecule has 0 saturated heterocycles. The Balaban J connectivity index is 1.99. The van der Waals surface area contributed by atoms with Gasteiger partial charge in [0.1, 0.15) is 0 Å². The molecule has 0 saturated carbocycles. The van der Waals surface area contributed by atoms with Crippen LogP contribution in [0, 0.1) is 6.92 Å². The van der Waals surface area contributed by atoms with Gasteiger partial charge in [-0.15, -0.1) is 0 Å². The van der Waals surface area contributed by atoms with Crippen LogP contribution in [0.25, 0.3) is 0 Å². The average molecular weight is 325 g/mol. The van der Waals surface area contributed by atoms with Gasteiger partial charge >= 0.3 is 0 Å². The van der Waals surface area contributed by atoms with Crippen LogP contribution in [0.5, 0.6) is 0 Å². The van der Waals surface area contributed by atoms with Crippen LogP contribution in [-0.2, 0) is 16.0 Å². The van der Waals surface area contributed by atoms with Crippen molar-refractivity contribution in [3.8, 4) is 0 Å². The van der Waals surface area contributed by atoms with Crippen molar-refractivity contribution in [1.82, 2.24) is 0 Å². The summed E-state index contributed by atoms with van der Waals surface area (Å²) >= 11 is 0. The van der Waals surface area contributed by atoms with Crippen molar-refractivity contribution in [2.75, 3.05) is 16.4 Å². The van der Waals surface area contributed by atoms with Crippen LogP contribution in [0.15, 0.2) is 42.5 Å². The van der Waals surface area contributed by atoms with Crippen LogP contribution in [0.3, 0.4) is 0 Å². The molecular formula is C19H23N3O2. The van der Waals surface area contributed by atoms with Crippen molar-refractivity contribution >= 4 is 28.9 Å². The van der Waals surface area contributed by atoms with Crippen LogP contribution < -0.4 is 16.4 Å². The fraction of sp³-hybridized carbons (Fsp3) is 0.263. The first-order chi connectivity index (χ1) is 11.5. The predicted octanol–water partition coefficient (Wildman–Crippen LogP) is 3.50. The number of amides is 2. The van der Waals surface area contributed by atoms with Gasteiger partial charge in [0.2, 0.25) is 11.8 Å². The molecule has 5 heteroatoms. The standard InChI is InChI=1S/C19H23N3O2/c1-3-18(23)21-15-10-8-13(2)17(12-15)22-19(24)11-9-14-6-4-5-7-16(14)20/h4-8,10,12H,3,9,11,20H2,1-2H3,(H,21,23)(H,22,24). The number of para-hydroxylation sites is 1. The zero-order valence-corrected chi connectivity index (χ0v) is 14.1. The molecule has 0 spiro atoms. The molecule has 0 heterocycles. The summed E-state index contributed by atoms with van der Waals surface area (Å²) in [6.45, 7) is 3.71. The molecule has 24 heavy (non-hydrogen) atoms. The van der Waals surface area contributed by atoms with Crippen LogP contribution in [0.4, 0.5) is 17.1 Å². The van der Waals surface area contributed by atoms with Crippen LogP contribution >= 0.6 is 0 Å². The van der Waals surface area contributed by atoms with E-state index < -0.39 is 0 Å². The maximum atomic E-state index is 12.2. The summed E-state index contributed by atoms with van der Waals surface area (Å²) in [6, 6.07) is 13.0. The van der Waals surface area contributed by atoms with Gasteiger partial charge in [-0.2, -0.15) is 0 Å². The van der Waals surface area contributed by atoms with E-state index in [0.717, 1.165) is 11.1 Å². The minimum Gasteiger partial charge on any atom is -0.399 e. The molecule has 0 atom stereocenters. The smallest absolute Gasteiger partial charge is 0.224 e. The Bertz CT molecular complexity index is 741. The van der Waals surface area contributed by atoms with Gasteiger partial charge in [0.15, 0.2) is 0 Å². The van der Waals surface area contributed by atoms with E-state index in [4.69, 9.17) is 5.73 Å². The Labute approximate surface area is 142 Å². The lowest BCUT2D eigenvalue weighted by Crippen LogP contribution is -2.14. The molecule has 0 aromatic heterocycles. The Morgan fingerprint density at radius 1 is 1.04 bits per heavy atom. The van der Waals surface area contributed by atoms with E-state index in [2.05, 4.69) is 10.6 Å². The zero-order chi connectivity index (χ0) is 17.5. The minimum absolute atomic E-state index is 0.0596. The second-order valence-electron chi connectivity index (χ2n) is 5.68. The molecule has 0 bridgehead atoms. The van der Waals surface area contributed by atoms with E-state index in [1.807, 2.05) is 43.3 Å². The normalized spacial score (nSPS) is 10.2. The molecule has 0 aliphatic rings. The molecule has 0 radical (unpaired) electrons. The lowest BCUT2D eigenvalue weighted by atomic mass is 10.1. The molecule has 2 aromatic carbocycles. The highest BCUT2D eigenvalue weighted by molar-refractivity contribution is 5.94. The fourth-order valence-electron chi connectivity index (χ4n) is 2.31. The number of carbonyl (C=O) groups excluding carboxylic acids is 2. The minimum atomic E-state index is -0.0830. The average Bonchev–Trinajstić information content (AvgIpc) is 2.57. The van der Waals surface area contributed by atoms with Crippen molar-refractivity contribution in [1.29, 1.82) is 0 Å². The van der Waals surface area contributed by atoms with Gasteiger partial charge in [-0.1, -0.05) is 31.2 Å². The Morgan fingerprint density at radius 3 is 2.50 bits per heavy atom. The van der Waals surface area contributed by atoms with E-state index in [1.165, 1.54) is 0 Å². The number of carbonyl (C=O) groups is 2. The molecule has 0 aliphatic carbocycles. The van der Waals surface area contributed by atoms with E-state index in [1.54, 1.807) is 13.0 Å². The van der Waals surface area contributed by atoms with Crippen molar-refractivity contribution in [2.24, 2.45) is 0 Å². The second-order valence-corrected chi connectivity index (χ2v) is 5.68. The van der Waals surface area contributed by atoms with Gasteiger partial charge in [-0.05, 0) is 42.7 Å². The van der Waals surface area contributed by atoms with E-state index in [-0.39, 0.29) is 11.8 Å². The summed E-state index contributed by atoms with van der Waals surface area (Å²) in [5.74, 6) is -0.143. The summed E-state index contributed by atoms with van der Waals surface area (Å²) in [4.78, 5) is 23.7. The molecule has 2 aromatic rings. The summed E-state index contributed by atoms with van der Waals surface area (Å²) < 4.78 is 0. The lowest BCUT2D eigenvalue weighted by Gasteiger charge is -2.12. The monoisotopic (exact) mass is 325 g/mol. The fourth-order valence-corrected chi connectivity index (χ4v) is 2.31. The third-order valence-electron chi connectivity index (χ3n) is 3.79. The molecular weight excluding hydrogens is 302 g/mol. The first-order valence-corrected chi connectivity index (χ1v) is 8.03. The Hall–Kier alpha value is -2.82. The van der Waals surface area contributed by atoms with Crippen molar-refractivity contribution in [3.05, 3.63) is 53.6 Å². The molecule has 4 N–H and O–H groups in total. The molecule has 2 amide bonds. The number of benzene rings is 2. The number of nitrogens with one attached hydrogen (secondary N) is 2. The molecule has 0 unspecified atom stereocenters. The third-order valence-corrected chi connectivity index (χ3v) is 3.79. The zero-order valence-electron chi connectivity index (χ0n) is 14.1. The Morgan fingerprint density at radius 2 is 1.79 bits per heavy atom. The summed E-state index contributed by atoms with van der Waals surface area (Å²) in [7, 11) is 0. The third kappa shape index (κ3) is 4.84. The molecule has 0 aliphatic heterocycles. The summed E-state index contributed by atoms with van der Waals surface area (Å²) in [5.41, 5.74) is 9.88. The van der Waals surface area contributed by atoms with E-state index in [9.17, 15) is 9.59 Å². The summed E-state index contributed by atoms with van der Waals surface area (Å²) in [6.07, 6.45) is 1.34. The van der Waals surface area contributed by atoms with E-state index in [0.29, 0.717) is 36.3 Å². The lowest BCUT2D eigenvalue weighted by molar-refractivity contribution is -0.116. The Kier molecular flexibility index (Phi) is 5.95. The first kappa shape index (κ1) is 17.5. The number of hydrogen-bond donors (Lipinski definition) is 3.